The van der Waals surface area contributed by atoms with Gasteiger partial charge in [-0.05, 0) is 63.3 Å². The molecule has 2 rings (SSSR count). The minimum atomic E-state index is 0.708. The van der Waals surface area contributed by atoms with Crippen LogP contribution in [0.4, 0.5) is 0 Å². The van der Waals surface area contributed by atoms with Gasteiger partial charge in [-0.3, -0.25) is 0 Å². The topological polar surface area (TPSA) is 38.9 Å². The first-order valence-electron chi connectivity index (χ1n) is 7.64. The summed E-state index contributed by atoms with van der Waals surface area (Å²) in [5.41, 5.74) is 7.20. The lowest BCUT2D eigenvalue weighted by molar-refractivity contribution is 0.151. The zero-order chi connectivity index (χ0) is 14.0. The standard InChI is InChI=1S/C16H28N2S/c1-10(2)13-5-6-14(9-17)15(7-13)8-16-18-11(3)12(4)19-16/h10,13-15H,5-9,17H2,1-4H3. The first-order chi connectivity index (χ1) is 9.01. The highest BCUT2D eigenvalue weighted by Crippen LogP contribution is 2.39. The molecule has 1 aromatic rings. The van der Waals surface area contributed by atoms with Crippen LogP contribution in [-0.2, 0) is 6.42 Å². The lowest BCUT2D eigenvalue weighted by Crippen LogP contribution is -2.33. The minimum absolute atomic E-state index is 0.708. The van der Waals surface area contributed by atoms with E-state index in [9.17, 15) is 0 Å². The van der Waals surface area contributed by atoms with Crippen molar-refractivity contribution in [3.63, 3.8) is 0 Å². The van der Waals surface area contributed by atoms with Crippen molar-refractivity contribution in [2.45, 2.75) is 53.4 Å². The monoisotopic (exact) mass is 280 g/mol. The van der Waals surface area contributed by atoms with Crippen LogP contribution in [0.5, 0.6) is 0 Å². The van der Waals surface area contributed by atoms with Gasteiger partial charge >= 0.3 is 0 Å². The van der Waals surface area contributed by atoms with Crippen molar-refractivity contribution >= 4 is 11.3 Å². The Morgan fingerprint density at radius 2 is 2.00 bits per heavy atom. The van der Waals surface area contributed by atoms with E-state index in [1.807, 2.05) is 11.3 Å². The summed E-state index contributed by atoms with van der Waals surface area (Å²) in [6.07, 6.45) is 5.17. The summed E-state index contributed by atoms with van der Waals surface area (Å²) in [5.74, 6) is 3.14. The molecule has 1 aliphatic carbocycles. The second-order valence-corrected chi connectivity index (χ2v) is 7.81. The van der Waals surface area contributed by atoms with Crippen LogP contribution in [0.1, 0.15) is 48.7 Å². The molecule has 0 aliphatic heterocycles. The van der Waals surface area contributed by atoms with Gasteiger partial charge in [-0.25, -0.2) is 4.98 Å². The number of nitrogens with zero attached hydrogens (tertiary/aromatic N) is 1. The van der Waals surface area contributed by atoms with E-state index >= 15 is 0 Å². The van der Waals surface area contributed by atoms with Gasteiger partial charge in [0.05, 0.1) is 10.7 Å². The largest absolute Gasteiger partial charge is 0.330 e. The quantitative estimate of drug-likeness (QED) is 0.907. The summed E-state index contributed by atoms with van der Waals surface area (Å²) in [6, 6.07) is 0. The van der Waals surface area contributed by atoms with Crippen molar-refractivity contribution < 1.29 is 0 Å². The molecule has 0 saturated heterocycles. The molecule has 3 heteroatoms. The van der Waals surface area contributed by atoms with Crippen molar-refractivity contribution in [1.82, 2.24) is 4.98 Å². The van der Waals surface area contributed by atoms with Crippen LogP contribution in [0.15, 0.2) is 0 Å². The maximum atomic E-state index is 5.99. The van der Waals surface area contributed by atoms with Crippen LogP contribution >= 0.6 is 11.3 Å². The maximum absolute atomic E-state index is 5.99. The van der Waals surface area contributed by atoms with Gasteiger partial charge in [0.15, 0.2) is 0 Å². The first-order valence-corrected chi connectivity index (χ1v) is 8.45. The zero-order valence-electron chi connectivity index (χ0n) is 12.8. The van der Waals surface area contributed by atoms with Gasteiger partial charge in [0.2, 0.25) is 0 Å². The molecule has 1 aliphatic rings. The molecule has 1 fully saturated rings. The number of hydrogen-bond donors (Lipinski definition) is 1. The fraction of sp³-hybridized carbons (Fsp3) is 0.812. The summed E-state index contributed by atoms with van der Waals surface area (Å²) in [7, 11) is 0. The first kappa shape index (κ1) is 15.0. The van der Waals surface area contributed by atoms with Gasteiger partial charge in [-0.1, -0.05) is 13.8 Å². The Labute approximate surface area is 121 Å². The molecule has 3 unspecified atom stereocenters. The predicted molar refractivity (Wildman–Crippen MR) is 83.5 cm³/mol. The zero-order valence-corrected chi connectivity index (χ0v) is 13.6. The minimum Gasteiger partial charge on any atom is -0.330 e. The smallest absolute Gasteiger partial charge is 0.0933 e. The third-order valence-corrected chi connectivity index (χ3v) is 6.03. The highest BCUT2D eigenvalue weighted by molar-refractivity contribution is 7.11. The molecule has 0 aromatic carbocycles. The average Bonchev–Trinajstić information content (AvgIpc) is 2.68. The Hall–Kier alpha value is -0.410. The van der Waals surface area contributed by atoms with E-state index in [2.05, 4.69) is 27.7 Å². The summed E-state index contributed by atoms with van der Waals surface area (Å²) < 4.78 is 0. The van der Waals surface area contributed by atoms with E-state index in [1.54, 1.807) is 0 Å². The number of nitrogens with two attached hydrogens (primary N) is 1. The number of rotatable bonds is 4. The van der Waals surface area contributed by atoms with Crippen LogP contribution in [0, 0.1) is 37.5 Å². The second-order valence-electron chi connectivity index (χ2n) is 6.53. The fourth-order valence-corrected chi connectivity index (χ4v) is 4.41. The maximum Gasteiger partial charge on any atom is 0.0933 e. The molecular formula is C16H28N2S. The second kappa shape index (κ2) is 6.36. The predicted octanol–water partition coefficient (Wildman–Crippen LogP) is 3.95. The van der Waals surface area contributed by atoms with E-state index in [0.717, 1.165) is 30.7 Å². The molecular weight excluding hydrogens is 252 g/mol. The van der Waals surface area contributed by atoms with E-state index in [4.69, 9.17) is 10.7 Å². The van der Waals surface area contributed by atoms with Crippen molar-refractivity contribution in [3.8, 4) is 0 Å². The van der Waals surface area contributed by atoms with Crippen molar-refractivity contribution in [2.75, 3.05) is 6.54 Å². The molecule has 19 heavy (non-hydrogen) atoms. The molecule has 0 spiro atoms. The van der Waals surface area contributed by atoms with Crippen LogP contribution in [0.3, 0.4) is 0 Å². The number of aromatic nitrogens is 1. The van der Waals surface area contributed by atoms with E-state index in [-0.39, 0.29) is 0 Å². The molecule has 1 saturated carbocycles. The third-order valence-electron chi connectivity index (χ3n) is 4.94. The van der Waals surface area contributed by atoms with Crippen LogP contribution < -0.4 is 5.73 Å². The SMILES string of the molecule is Cc1nc(CC2CC(C(C)C)CCC2CN)sc1C. The van der Waals surface area contributed by atoms with E-state index in [1.165, 1.54) is 34.8 Å². The molecule has 108 valence electrons. The molecule has 0 radical (unpaired) electrons. The number of hydrogen-bond acceptors (Lipinski definition) is 3. The number of thiazole rings is 1. The van der Waals surface area contributed by atoms with Crippen molar-refractivity contribution in [2.24, 2.45) is 29.4 Å². The van der Waals surface area contributed by atoms with Gasteiger partial charge in [0, 0.05) is 11.3 Å². The molecule has 1 aromatic heterocycles. The molecule has 2 nitrogen and oxygen atoms in total. The van der Waals surface area contributed by atoms with E-state index < -0.39 is 0 Å². The third kappa shape index (κ3) is 3.57. The molecule has 1 heterocycles. The average molecular weight is 280 g/mol. The highest BCUT2D eigenvalue weighted by atomic mass is 32.1. The van der Waals surface area contributed by atoms with Crippen LogP contribution in [0.25, 0.3) is 0 Å². The summed E-state index contributed by atoms with van der Waals surface area (Å²) in [4.78, 5) is 6.09. The normalized spacial score (nSPS) is 28.0. The van der Waals surface area contributed by atoms with Gasteiger partial charge in [0.1, 0.15) is 0 Å². The number of aryl methyl sites for hydroxylation is 2. The van der Waals surface area contributed by atoms with Gasteiger partial charge < -0.3 is 5.73 Å². The Kier molecular flexibility index (Phi) is 5.02. The Balaban J connectivity index is 2.05. The summed E-state index contributed by atoms with van der Waals surface area (Å²) in [5, 5.41) is 1.32. The molecule has 3 atom stereocenters. The summed E-state index contributed by atoms with van der Waals surface area (Å²) in [6.45, 7) is 9.87. The van der Waals surface area contributed by atoms with Gasteiger partial charge in [-0.15, -0.1) is 11.3 Å². The van der Waals surface area contributed by atoms with Crippen molar-refractivity contribution in [1.29, 1.82) is 0 Å². The van der Waals surface area contributed by atoms with Crippen LogP contribution in [0.2, 0.25) is 0 Å². The molecule has 0 bridgehead atoms. The Morgan fingerprint density at radius 1 is 1.26 bits per heavy atom. The molecule has 2 N–H and O–H groups in total. The van der Waals surface area contributed by atoms with Crippen molar-refractivity contribution in [3.05, 3.63) is 15.6 Å². The Bertz CT molecular complexity index is 391. The van der Waals surface area contributed by atoms with E-state index in [0.29, 0.717) is 5.92 Å². The fourth-order valence-electron chi connectivity index (χ4n) is 3.38. The highest BCUT2D eigenvalue weighted by Gasteiger charge is 2.31. The molecule has 0 amide bonds. The lowest BCUT2D eigenvalue weighted by Gasteiger charge is -2.37. The van der Waals surface area contributed by atoms with Gasteiger partial charge in [-0.2, -0.15) is 0 Å². The Morgan fingerprint density at radius 3 is 2.53 bits per heavy atom. The van der Waals surface area contributed by atoms with Crippen LogP contribution in [-0.4, -0.2) is 11.5 Å². The summed E-state index contributed by atoms with van der Waals surface area (Å²) >= 11 is 1.88. The van der Waals surface area contributed by atoms with Gasteiger partial charge in [0.25, 0.3) is 0 Å². The lowest BCUT2D eigenvalue weighted by atomic mass is 9.69.